The lowest BCUT2D eigenvalue weighted by Gasteiger charge is -2.30. The fourth-order valence-electron chi connectivity index (χ4n) is 3.18. The molecule has 1 aliphatic rings. The Morgan fingerprint density at radius 2 is 2.04 bits per heavy atom. The van der Waals surface area contributed by atoms with Gasteiger partial charge in [0.1, 0.15) is 5.15 Å². The van der Waals surface area contributed by atoms with Crippen molar-refractivity contribution in [2.24, 2.45) is 5.92 Å². The molecule has 3 aromatic heterocycles. The predicted molar refractivity (Wildman–Crippen MR) is 97.6 cm³/mol. The summed E-state index contributed by atoms with van der Waals surface area (Å²) < 4.78 is 0. The lowest BCUT2D eigenvalue weighted by atomic mass is 9.91. The Balaban J connectivity index is 1.51. The maximum atomic E-state index is 12.9. The van der Waals surface area contributed by atoms with E-state index in [1.54, 1.807) is 29.6 Å². The molecular formula is C18H17ClN6O. The number of rotatable bonds is 4. The second-order valence-corrected chi connectivity index (χ2v) is 6.64. The van der Waals surface area contributed by atoms with Gasteiger partial charge in [0.2, 0.25) is 11.9 Å². The van der Waals surface area contributed by atoms with E-state index >= 15 is 0 Å². The topological polar surface area (TPSA) is 87.7 Å². The number of carbonyl (C=O) groups excluding carboxylic acids is 1. The Morgan fingerprint density at radius 1 is 1.19 bits per heavy atom. The molecule has 3 aromatic rings. The quantitative estimate of drug-likeness (QED) is 0.715. The highest BCUT2D eigenvalue weighted by molar-refractivity contribution is 6.29. The number of amides is 1. The standard InChI is InChI=1S/C18H17ClN6O/c19-15-4-3-12(11-21-15)10-14-2-1-9-25(17(14)26)18-22-16(23-24-18)13-5-7-20-8-6-13/h3-8,11,14H,1-2,9-10H2,(H,22,23,24)/t14-/m0/s1. The van der Waals surface area contributed by atoms with Gasteiger partial charge in [-0.3, -0.25) is 14.7 Å². The predicted octanol–water partition coefficient (Wildman–Crippen LogP) is 2.90. The van der Waals surface area contributed by atoms with Crippen molar-refractivity contribution in [3.63, 3.8) is 0 Å². The van der Waals surface area contributed by atoms with Crippen molar-refractivity contribution in [3.05, 3.63) is 53.6 Å². The van der Waals surface area contributed by atoms with Crippen molar-refractivity contribution in [2.75, 3.05) is 11.4 Å². The maximum absolute atomic E-state index is 12.9. The number of hydrogen-bond acceptors (Lipinski definition) is 5. The van der Waals surface area contributed by atoms with Crippen LogP contribution in [0.3, 0.4) is 0 Å². The van der Waals surface area contributed by atoms with Crippen molar-refractivity contribution in [1.29, 1.82) is 0 Å². The van der Waals surface area contributed by atoms with Crippen molar-refractivity contribution >= 4 is 23.5 Å². The number of aromatic amines is 1. The van der Waals surface area contributed by atoms with Crippen LogP contribution >= 0.6 is 11.6 Å². The number of hydrogen-bond donors (Lipinski definition) is 1. The molecule has 1 N–H and O–H groups in total. The third-order valence-electron chi connectivity index (χ3n) is 4.50. The Bertz CT molecular complexity index is 896. The number of pyridine rings is 2. The Labute approximate surface area is 155 Å². The molecule has 0 unspecified atom stereocenters. The van der Waals surface area contributed by atoms with E-state index in [0.29, 0.717) is 29.9 Å². The third kappa shape index (κ3) is 3.43. The lowest BCUT2D eigenvalue weighted by molar-refractivity contribution is -0.123. The first-order valence-electron chi connectivity index (χ1n) is 8.45. The summed E-state index contributed by atoms with van der Waals surface area (Å²) in [5.41, 5.74) is 1.89. The van der Waals surface area contributed by atoms with Crippen LogP contribution in [0.2, 0.25) is 5.15 Å². The summed E-state index contributed by atoms with van der Waals surface area (Å²) in [6, 6.07) is 7.36. The first-order valence-corrected chi connectivity index (χ1v) is 8.83. The number of carbonyl (C=O) groups is 1. The van der Waals surface area contributed by atoms with E-state index in [1.807, 2.05) is 18.2 Å². The van der Waals surface area contributed by atoms with E-state index in [1.165, 1.54) is 0 Å². The van der Waals surface area contributed by atoms with Crippen molar-refractivity contribution < 1.29 is 4.79 Å². The van der Waals surface area contributed by atoms with Crippen LogP contribution in [0.4, 0.5) is 5.95 Å². The number of H-pyrrole nitrogens is 1. The number of nitrogens with zero attached hydrogens (tertiary/aromatic N) is 5. The van der Waals surface area contributed by atoms with Gasteiger partial charge in [-0.1, -0.05) is 17.7 Å². The fourth-order valence-corrected chi connectivity index (χ4v) is 3.29. The summed E-state index contributed by atoms with van der Waals surface area (Å²) in [5.74, 6) is 1.07. The lowest BCUT2D eigenvalue weighted by Crippen LogP contribution is -2.42. The van der Waals surface area contributed by atoms with Crippen LogP contribution in [0, 0.1) is 5.92 Å². The molecule has 4 heterocycles. The van der Waals surface area contributed by atoms with Crippen LogP contribution in [0.15, 0.2) is 42.9 Å². The SMILES string of the molecule is O=C1[C@H](Cc2ccc(Cl)nc2)CCCN1c1nnc(-c2ccncc2)[nH]1. The first-order chi connectivity index (χ1) is 12.7. The van der Waals surface area contributed by atoms with E-state index in [9.17, 15) is 4.79 Å². The van der Waals surface area contributed by atoms with Gasteiger partial charge in [0.25, 0.3) is 0 Å². The highest BCUT2D eigenvalue weighted by Crippen LogP contribution is 2.26. The van der Waals surface area contributed by atoms with Gasteiger partial charge in [-0.05, 0) is 43.0 Å². The fraction of sp³-hybridized carbons (Fsp3) is 0.278. The zero-order valence-electron chi connectivity index (χ0n) is 14.0. The molecule has 0 aliphatic carbocycles. The molecule has 1 amide bonds. The van der Waals surface area contributed by atoms with Gasteiger partial charge in [-0.15, -0.1) is 10.2 Å². The molecule has 1 atom stereocenters. The number of aromatic nitrogens is 5. The number of anilines is 1. The monoisotopic (exact) mass is 368 g/mol. The molecule has 26 heavy (non-hydrogen) atoms. The van der Waals surface area contributed by atoms with E-state index < -0.39 is 0 Å². The van der Waals surface area contributed by atoms with Crippen molar-refractivity contribution in [1.82, 2.24) is 25.1 Å². The second-order valence-electron chi connectivity index (χ2n) is 6.26. The van der Waals surface area contributed by atoms with Crippen LogP contribution in [-0.2, 0) is 11.2 Å². The molecule has 0 saturated carbocycles. The summed E-state index contributed by atoms with van der Waals surface area (Å²) in [5, 5.41) is 8.79. The minimum absolute atomic E-state index is 0.0589. The maximum Gasteiger partial charge on any atom is 0.232 e. The number of nitrogens with one attached hydrogen (secondary N) is 1. The third-order valence-corrected chi connectivity index (χ3v) is 4.73. The molecular weight excluding hydrogens is 352 g/mol. The minimum Gasteiger partial charge on any atom is -0.307 e. The summed E-state index contributed by atoms with van der Waals surface area (Å²) in [7, 11) is 0. The van der Waals surface area contributed by atoms with Crippen molar-refractivity contribution in [3.8, 4) is 11.4 Å². The van der Waals surface area contributed by atoms with Gasteiger partial charge in [0, 0.05) is 36.6 Å². The second kappa shape index (κ2) is 7.21. The molecule has 7 nitrogen and oxygen atoms in total. The van der Waals surface area contributed by atoms with E-state index in [2.05, 4.69) is 25.1 Å². The summed E-state index contributed by atoms with van der Waals surface area (Å²) in [6.45, 7) is 0.638. The Kier molecular flexibility index (Phi) is 4.62. The summed E-state index contributed by atoms with van der Waals surface area (Å²) >= 11 is 5.83. The van der Waals surface area contributed by atoms with E-state index in [0.717, 1.165) is 24.0 Å². The molecule has 1 saturated heterocycles. The van der Waals surface area contributed by atoms with Crippen molar-refractivity contribution in [2.45, 2.75) is 19.3 Å². The average molecular weight is 369 g/mol. The first kappa shape index (κ1) is 16.7. The Morgan fingerprint density at radius 3 is 2.81 bits per heavy atom. The van der Waals surface area contributed by atoms with Crippen LogP contribution in [0.5, 0.6) is 0 Å². The van der Waals surface area contributed by atoms with Gasteiger partial charge >= 0.3 is 0 Å². The molecule has 0 aromatic carbocycles. The van der Waals surface area contributed by atoms with Gasteiger partial charge in [0.05, 0.1) is 0 Å². The van der Waals surface area contributed by atoms with Gasteiger partial charge in [-0.25, -0.2) is 4.98 Å². The molecule has 1 aliphatic heterocycles. The highest BCUT2D eigenvalue weighted by atomic mass is 35.5. The molecule has 1 fully saturated rings. The van der Waals surface area contributed by atoms with E-state index in [4.69, 9.17) is 11.6 Å². The normalized spacial score (nSPS) is 17.5. The van der Waals surface area contributed by atoms with E-state index in [-0.39, 0.29) is 11.8 Å². The Hall–Kier alpha value is -2.80. The smallest absolute Gasteiger partial charge is 0.232 e. The van der Waals surface area contributed by atoms with Crippen LogP contribution in [0.1, 0.15) is 18.4 Å². The zero-order valence-corrected chi connectivity index (χ0v) is 14.7. The molecule has 8 heteroatoms. The summed E-state index contributed by atoms with van der Waals surface area (Å²) in [4.78, 5) is 25.8. The number of halogens is 1. The minimum atomic E-state index is -0.0961. The molecule has 0 spiro atoms. The molecule has 0 radical (unpaired) electrons. The molecule has 4 rings (SSSR count). The van der Waals surface area contributed by atoms with Gasteiger partial charge in [0.15, 0.2) is 5.82 Å². The van der Waals surface area contributed by atoms with Crippen LogP contribution in [0.25, 0.3) is 11.4 Å². The zero-order chi connectivity index (χ0) is 17.9. The summed E-state index contributed by atoms with van der Waals surface area (Å²) in [6.07, 6.45) is 7.53. The van der Waals surface area contributed by atoms with Gasteiger partial charge < -0.3 is 4.98 Å². The largest absolute Gasteiger partial charge is 0.307 e. The van der Waals surface area contributed by atoms with Crippen LogP contribution in [-0.4, -0.2) is 37.6 Å². The number of piperidine rings is 1. The molecule has 132 valence electrons. The average Bonchev–Trinajstić information content (AvgIpc) is 3.16. The van der Waals surface area contributed by atoms with Gasteiger partial charge in [-0.2, -0.15) is 0 Å². The highest BCUT2D eigenvalue weighted by Gasteiger charge is 2.31. The molecule has 0 bridgehead atoms. The van der Waals surface area contributed by atoms with Crippen LogP contribution < -0.4 is 4.90 Å².